The maximum absolute atomic E-state index is 13.4. The van der Waals surface area contributed by atoms with Gasteiger partial charge in [0.1, 0.15) is 11.3 Å². The molecule has 0 saturated carbocycles. The zero-order valence-corrected chi connectivity index (χ0v) is 23.9. The smallest absolute Gasteiger partial charge is 0.305 e. The molecule has 1 heterocycles. The first-order valence-corrected chi connectivity index (χ1v) is 15.0. The predicted molar refractivity (Wildman–Crippen MR) is 162 cm³/mol. The molecule has 0 saturated heterocycles. The molecule has 210 valence electrons. The molecule has 8 heteroatoms. The summed E-state index contributed by atoms with van der Waals surface area (Å²) in [6, 6.07) is 20.8. The highest BCUT2D eigenvalue weighted by Crippen LogP contribution is 2.28. The summed E-state index contributed by atoms with van der Waals surface area (Å²) in [5.41, 5.74) is 6.81. The van der Waals surface area contributed by atoms with Gasteiger partial charge in [0.05, 0.1) is 4.70 Å². The SMILES string of the molecule is Cc1cccc(CCNCCC(=O)N(CCNCCc2ccc(O)c3[nH]c(=O)sc23)C2Cc3ccccc3C2)c1. The molecule has 4 aromatic rings. The summed E-state index contributed by atoms with van der Waals surface area (Å²) in [6.45, 7) is 5.71. The zero-order valence-electron chi connectivity index (χ0n) is 23.0. The van der Waals surface area contributed by atoms with E-state index in [9.17, 15) is 14.7 Å². The Bertz CT molecular complexity index is 1490. The van der Waals surface area contributed by atoms with Crippen molar-refractivity contribution in [2.24, 2.45) is 0 Å². The van der Waals surface area contributed by atoms with E-state index >= 15 is 0 Å². The monoisotopic (exact) mass is 558 g/mol. The molecule has 1 aliphatic rings. The quantitative estimate of drug-likeness (QED) is 0.186. The van der Waals surface area contributed by atoms with E-state index in [0.717, 1.165) is 60.4 Å². The molecule has 1 aromatic heterocycles. The summed E-state index contributed by atoms with van der Waals surface area (Å²) in [7, 11) is 0. The van der Waals surface area contributed by atoms with Crippen molar-refractivity contribution in [3.63, 3.8) is 0 Å². The van der Waals surface area contributed by atoms with Crippen molar-refractivity contribution < 1.29 is 9.90 Å². The van der Waals surface area contributed by atoms with Gasteiger partial charge in [-0.2, -0.15) is 0 Å². The van der Waals surface area contributed by atoms with E-state index < -0.39 is 0 Å². The van der Waals surface area contributed by atoms with Crippen LogP contribution < -0.4 is 15.5 Å². The van der Waals surface area contributed by atoms with Gasteiger partial charge in [-0.25, -0.2) is 0 Å². The van der Waals surface area contributed by atoms with E-state index in [1.165, 1.54) is 22.3 Å². The van der Waals surface area contributed by atoms with Crippen molar-refractivity contribution in [1.29, 1.82) is 0 Å². The second-order valence-corrected chi connectivity index (χ2v) is 11.6. The van der Waals surface area contributed by atoms with Crippen LogP contribution in [0, 0.1) is 6.92 Å². The van der Waals surface area contributed by atoms with Crippen LogP contribution in [-0.4, -0.2) is 59.7 Å². The average Bonchev–Trinajstić information content (AvgIpc) is 3.55. The first-order chi connectivity index (χ1) is 19.5. The van der Waals surface area contributed by atoms with Crippen LogP contribution in [0.15, 0.2) is 65.5 Å². The van der Waals surface area contributed by atoms with Crippen LogP contribution in [0.25, 0.3) is 10.2 Å². The van der Waals surface area contributed by atoms with Gasteiger partial charge in [-0.05, 0) is 74.0 Å². The Morgan fingerprint density at radius 1 is 0.975 bits per heavy atom. The van der Waals surface area contributed by atoms with Crippen LogP contribution >= 0.6 is 11.3 Å². The molecule has 40 heavy (non-hydrogen) atoms. The van der Waals surface area contributed by atoms with Gasteiger partial charge in [0, 0.05) is 32.1 Å². The summed E-state index contributed by atoms with van der Waals surface area (Å²) in [5.74, 6) is 0.293. The normalized spacial score (nSPS) is 13.1. The van der Waals surface area contributed by atoms with Crippen molar-refractivity contribution in [3.8, 4) is 5.75 Å². The summed E-state index contributed by atoms with van der Waals surface area (Å²) >= 11 is 1.13. The van der Waals surface area contributed by atoms with Crippen molar-refractivity contribution in [3.05, 3.63) is 98.1 Å². The van der Waals surface area contributed by atoms with E-state index in [-0.39, 0.29) is 22.6 Å². The number of H-pyrrole nitrogens is 1. The Morgan fingerprint density at radius 2 is 1.73 bits per heavy atom. The third kappa shape index (κ3) is 6.99. The van der Waals surface area contributed by atoms with Gasteiger partial charge in [-0.1, -0.05) is 71.5 Å². The van der Waals surface area contributed by atoms with Crippen molar-refractivity contribution >= 4 is 27.5 Å². The Kier molecular flexibility index (Phi) is 9.31. The number of nitrogens with one attached hydrogen (secondary N) is 3. The zero-order chi connectivity index (χ0) is 27.9. The number of thiazole rings is 1. The van der Waals surface area contributed by atoms with E-state index in [2.05, 4.69) is 76.0 Å². The molecule has 1 aliphatic carbocycles. The number of amides is 1. The number of fused-ring (bicyclic) bond motifs is 2. The molecule has 0 atom stereocenters. The number of hydrogen-bond acceptors (Lipinski definition) is 6. The number of phenolic OH excluding ortho intramolecular Hbond substituents is 1. The number of benzene rings is 3. The highest BCUT2D eigenvalue weighted by molar-refractivity contribution is 7.16. The van der Waals surface area contributed by atoms with E-state index in [4.69, 9.17) is 0 Å². The number of aryl methyl sites for hydroxylation is 1. The third-order valence-electron chi connectivity index (χ3n) is 7.72. The molecule has 0 bridgehead atoms. The van der Waals surface area contributed by atoms with Crippen molar-refractivity contribution in [2.75, 3.05) is 32.7 Å². The number of phenols is 1. The molecule has 7 nitrogen and oxygen atoms in total. The highest BCUT2D eigenvalue weighted by Gasteiger charge is 2.29. The number of nitrogens with zero attached hydrogens (tertiary/aromatic N) is 1. The third-order valence-corrected chi connectivity index (χ3v) is 8.68. The summed E-state index contributed by atoms with van der Waals surface area (Å²) in [6.07, 6.45) is 3.98. The molecule has 0 radical (unpaired) electrons. The standard InChI is InChI=1S/C32H38N4O3S/c1-22-5-4-6-23(19-22)11-14-33-16-13-29(38)36(27-20-25-7-2-3-8-26(25)21-27)18-17-34-15-12-24-9-10-28(37)30-31(24)40-32(39)35-30/h2-10,19,27,33-34,37H,11-18,20-21H2,1H3,(H,35,39). The maximum Gasteiger partial charge on any atom is 0.305 e. The molecule has 1 amide bonds. The lowest BCUT2D eigenvalue weighted by molar-refractivity contribution is -0.133. The summed E-state index contributed by atoms with van der Waals surface area (Å²) in [5, 5.41) is 17.0. The van der Waals surface area contributed by atoms with Crippen LogP contribution in [0.2, 0.25) is 0 Å². The second-order valence-electron chi connectivity index (χ2n) is 10.6. The Labute approximate surface area is 239 Å². The molecule has 0 spiro atoms. The van der Waals surface area contributed by atoms with Gasteiger partial charge in [0.15, 0.2) is 0 Å². The van der Waals surface area contributed by atoms with E-state index in [1.807, 2.05) is 6.07 Å². The van der Waals surface area contributed by atoms with E-state index in [1.54, 1.807) is 6.07 Å². The Morgan fingerprint density at radius 3 is 2.50 bits per heavy atom. The lowest BCUT2D eigenvalue weighted by atomic mass is 10.1. The van der Waals surface area contributed by atoms with Gasteiger partial charge < -0.3 is 25.6 Å². The molecular weight excluding hydrogens is 520 g/mol. The molecular formula is C32H38N4O3S. The highest BCUT2D eigenvalue weighted by atomic mass is 32.1. The first kappa shape index (κ1) is 28.1. The van der Waals surface area contributed by atoms with Crippen molar-refractivity contribution in [1.82, 2.24) is 20.5 Å². The Balaban J connectivity index is 1.12. The number of aromatic nitrogens is 1. The fourth-order valence-electron chi connectivity index (χ4n) is 5.65. The number of carbonyl (C=O) groups excluding carboxylic acids is 1. The largest absolute Gasteiger partial charge is 0.506 e. The molecule has 4 N–H and O–H groups in total. The number of rotatable bonds is 13. The van der Waals surface area contributed by atoms with Crippen LogP contribution in [-0.2, 0) is 30.5 Å². The minimum Gasteiger partial charge on any atom is -0.506 e. The minimum atomic E-state index is -0.165. The van der Waals surface area contributed by atoms with Crippen LogP contribution in [0.3, 0.4) is 0 Å². The lowest BCUT2D eigenvalue weighted by Gasteiger charge is -2.29. The lowest BCUT2D eigenvalue weighted by Crippen LogP contribution is -2.45. The number of aromatic amines is 1. The predicted octanol–water partition coefficient (Wildman–Crippen LogP) is 3.95. The topological polar surface area (TPSA) is 97.5 Å². The van der Waals surface area contributed by atoms with Gasteiger partial charge in [0.25, 0.3) is 0 Å². The van der Waals surface area contributed by atoms with Gasteiger partial charge >= 0.3 is 4.87 Å². The van der Waals surface area contributed by atoms with Crippen LogP contribution in [0.1, 0.15) is 34.2 Å². The Hall–Kier alpha value is -3.46. The van der Waals surface area contributed by atoms with Crippen LogP contribution in [0.4, 0.5) is 0 Å². The first-order valence-electron chi connectivity index (χ1n) is 14.1. The molecule has 3 aromatic carbocycles. The van der Waals surface area contributed by atoms with Crippen LogP contribution in [0.5, 0.6) is 5.75 Å². The second kappa shape index (κ2) is 13.3. The fraction of sp³-hybridized carbons (Fsp3) is 0.375. The van der Waals surface area contributed by atoms with E-state index in [0.29, 0.717) is 31.6 Å². The fourth-order valence-corrected chi connectivity index (χ4v) is 6.55. The average molecular weight is 559 g/mol. The number of hydrogen-bond donors (Lipinski definition) is 4. The molecule has 0 fully saturated rings. The molecule has 0 aliphatic heterocycles. The minimum absolute atomic E-state index is 0.0985. The van der Waals surface area contributed by atoms with Gasteiger partial charge in [-0.3, -0.25) is 9.59 Å². The van der Waals surface area contributed by atoms with Gasteiger partial charge in [-0.15, -0.1) is 0 Å². The maximum atomic E-state index is 13.4. The summed E-state index contributed by atoms with van der Waals surface area (Å²) < 4.78 is 0.808. The number of aromatic hydroxyl groups is 1. The molecule has 5 rings (SSSR count). The van der Waals surface area contributed by atoms with Crippen molar-refractivity contribution in [2.45, 2.75) is 45.1 Å². The van der Waals surface area contributed by atoms with Gasteiger partial charge in [0.2, 0.25) is 5.91 Å². The molecule has 0 unspecified atom stereocenters. The summed E-state index contributed by atoms with van der Waals surface area (Å²) in [4.78, 5) is 29.9. The number of carbonyl (C=O) groups is 1.